The molecule has 6 heteroatoms. The third kappa shape index (κ3) is 5.09. The SMILES string of the molecule is C#CCN(C)Cc1ccc(-c2ccc(N3C[C@H](CNC(C)=O)C4CC(C4)C3=O)cc2F)cc1. The van der Waals surface area contributed by atoms with Gasteiger partial charge in [-0.15, -0.1) is 6.42 Å². The Labute approximate surface area is 195 Å². The van der Waals surface area contributed by atoms with E-state index < -0.39 is 0 Å². The molecule has 0 aromatic heterocycles. The van der Waals surface area contributed by atoms with E-state index in [1.807, 2.05) is 42.3 Å². The van der Waals surface area contributed by atoms with E-state index in [1.165, 1.54) is 13.0 Å². The molecule has 172 valence electrons. The molecule has 0 unspecified atom stereocenters. The number of rotatable bonds is 7. The van der Waals surface area contributed by atoms with Crippen molar-refractivity contribution in [2.45, 2.75) is 26.3 Å². The van der Waals surface area contributed by atoms with Crippen LogP contribution in [-0.2, 0) is 16.1 Å². The monoisotopic (exact) mass is 447 g/mol. The van der Waals surface area contributed by atoms with Gasteiger partial charge in [-0.2, -0.15) is 0 Å². The van der Waals surface area contributed by atoms with Crippen LogP contribution >= 0.6 is 0 Å². The summed E-state index contributed by atoms with van der Waals surface area (Å²) >= 11 is 0. The molecule has 2 bridgehead atoms. The number of terminal acetylenes is 1. The summed E-state index contributed by atoms with van der Waals surface area (Å²) in [4.78, 5) is 28.1. The van der Waals surface area contributed by atoms with Crippen LogP contribution in [0.1, 0.15) is 25.3 Å². The van der Waals surface area contributed by atoms with Gasteiger partial charge >= 0.3 is 0 Å². The van der Waals surface area contributed by atoms with Crippen LogP contribution in [0.3, 0.4) is 0 Å². The molecule has 2 aliphatic heterocycles. The number of amides is 2. The van der Waals surface area contributed by atoms with Crippen molar-refractivity contribution in [1.82, 2.24) is 10.2 Å². The van der Waals surface area contributed by atoms with Gasteiger partial charge in [-0.1, -0.05) is 30.2 Å². The average molecular weight is 448 g/mol. The molecule has 3 aliphatic rings. The van der Waals surface area contributed by atoms with Crippen molar-refractivity contribution < 1.29 is 14.0 Å². The van der Waals surface area contributed by atoms with Gasteiger partial charge in [-0.25, -0.2) is 4.39 Å². The van der Waals surface area contributed by atoms with Crippen LogP contribution in [-0.4, -0.2) is 43.4 Å². The Morgan fingerprint density at radius 3 is 2.61 bits per heavy atom. The van der Waals surface area contributed by atoms with Gasteiger partial charge in [0.1, 0.15) is 5.82 Å². The Hall–Kier alpha value is -3.17. The van der Waals surface area contributed by atoms with Crippen molar-refractivity contribution >= 4 is 17.5 Å². The Morgan fingerprint density at radius 1 is 1.24 bits per heavy atom. The second-order valence-electron chi connectivity index (χ2n) is 9.31. The quantitative estimate of drug-likeness (QED) is 0.659. The lowest BCUT2D eigenvalue weighted by Crippen LogP contribution is -2.38. The van der Waals surface area contributed by atoms with Gasteiger partial charge in [-0.3, -0.25) is 14.5 Å². The number of fused-ring (bicyclic) bond motifs is 3. The van der Waals surface area contributed by atoms with E-state index in [0.717, 1.165) is 30.5 Å². The molecule has 5 nitrogen and oxygen atoms in total. The second kappa shape index (κ2) is 9.76. The van der Waals surface area contributed by atoms with Crippen LogP contribution in [0, 0.1) is 35.9 Å². The van der Waals surface area contributed by atoms with Gasteiger partial charge in [0.15, 0.2) is 0 Å². The van der Waals surface area contributed by atoms with Gasteiger partial charge in [0.25, 0.3) is 0 Å². The van der Waals surface area contributed by atoms with Crippen LogP contribution < -0.4 is 10.2 Å². The number of nitrogens with one attached hydrogen (secondary N) is 1. The molecule has 2 aromatic carbocycles. The highest BCUT2D eigenvalue weighted by Gasteiger charge is 2.45. The highest BCUT2D eigenvalue weighted by atomic mass is 19.1. The smallest absolute Gasteiger partial charge is 0.230 e. The summed E-state index contributed by atoms with van der Waals surface area (Å²) in [5.74, 6) is 2.86. The maximum atomic E-state index is 15.2. The molecule has 1 atom stereocenters. The first-order chi connectivity index (χ1) is 15.9. The zero-order valence-electron chi connectivity index (χ0n) is 19.2. The Bertz CT molecular complexity index is 1070. The Balaban J connectivity index is 1.51. The topological polar surface area (TPSA) is 52.6 Å². The van der Waals surface area contributed by atoms with Crippen molar-refractivity contribution in [3.63, 3.8) is 0 Å². The van der Waals surface area contributed by atoms with Crippen LogP contribution in [0.4, 0.5) is 10.1 Å². The minimum absolute atomic E-state index is 0.000196. The van der Waals surface area contributed by atoms with Gasteiger partial charge in [0, 0.05) is 43.7 Å². The molecule has 5 rings (SSSR count). The lowest BCUT2D eigenvalue weighted by Gasteiger charge is -2.34. The van der Waals surface area contributed by atoms with Crippen molar-refractivity contribution in [2.24, 2.45) is 17.8 Å². The van der Waals surface area contributed by atoms with E-state index in [1.54, 1.807) is 11.0 Å². The number of anilines is 1. The fraction of sp³-hybridized carbons (Fsp3) is 0.407. The van der Waals surface area contributed by atoms with Gasteiger partial charge in [-0.05, 0) is 61.1 Å². The highest BCUT2D eigenvalue weighted by molar-refractivity contribution is 5.96. The predicted octanol–water partition coefficient (Wildman–Crippen LogP) is 3.68. The number of hydrogen-bond donors (Lipinski definition) is 1. The molecule has 2 amide bonds. The standard InChI is InChI=1S/C27H30FN3O2/c1-4-11-30(3)16-19-5-7-20(8-6-19)25-10-9-24(14-26(25)28)31-17-23(15-29-18(2)32)21-12-22(13-21)27(31)33/h1,5-10,14,21-23H,11-13,15-17H2,2-3H3,(H,29,32)/t21?,22?,23-/m0/s1. The maximum absolute atomic E-state index is 15.2. The van der Waals surface area contributed by atoms with Crippen molar-refractivity contribution in [3.8, 4) is 23.5 Å². The normalized spacial score (nSPS) is 21.8. The van der Waals surface area contributed by atoms with E-state index in [4.69, 9.17) is 6.42 Å². The molecule has 2 saturated heterocycles. The molecule has 1 N–H and O–H groups in total. The zero-order chi connectivity index (χ0) is 23.5. The molecule has 0 radical (unpaired) electrons. The Morgan fingerprint density at radius 2 is 1.97 bits per heavy atom. The molecular weight excluding hydrogens is 417 g/mol. The number of benzene rings is 2. The van der Waals surface area contributed by atoms with Crippen molar-refractivity contribution in [3.05, 3.63) is 53.8 Å². The summed E-state index contributed by atoms with van der Waals surface area (Å²) in [5, 5.41) is 2.89. The first kappa shape index (κ1) is 23.0. The first-order valence-electron chi connectivity index (χ1n) is 11.4. The van der Waals surface area contributed by atoms with Crippen molar-refractivity contribution in [1.29, 1.82) is 0 Å². The number of halogens is 1. The van der Waals surface area contributed by atoms with Crippen LogP contribution in [0.5, 0.6) is 0 Å². The van der Waals surface area contributed by atoms with E-state index in [2.05, 4.69) is 11.2 Å². The molecule has 2 heterocycles. The minimum Gasteiger partial charge on any atom is -0.356 e. The maximum Gasteiger partial charge on any atom is 0.230 e. The average Bonchev–Trinajstić information content (AvgIpc) is 2.97. The van der Waals surface area contributed by atoms with Crippen LogP contribution in [0.25, 0.3) is 11.1 Å². The second-order valence-corrected chi connectivity index (χ2v) is 9.31. The van der Waals surface area contributed by atoms with E-state index in [-0.39, 0.29) is 29.5 Å². The molecule has 2 aromatic rings. The van der Waals surface area contributed by atoms with Gasteiger partial charge < -0.3 is 10.2 Å². The third-order valence-corrected chi connectivity index (χ3v) is 6.83. The summed E-state index contributed by atoms with van der Waals surface area (Å²) in [6.07, 6.45) is 7.05. The van der Waals surface area contributed by atoms with Crippen LogP contribution in [0.15, 0.2) is 42.5 Å². The summed E-state index contributed by atoms with van der Waals surface area (Å²) in [6.45, 7) is 3.84. The van der Waals surface area contributed by atoms with Gasteiger partial charge in [0.2, 0.25) is 11.8 Å². The number of nitrogens with zero attached hydrogens (tertiary/aromatic N) is 2. The highest BCUT2D eigenvalue weighted by Crippen LogP contribution is 2.44. The predicted molar refractivity (Wildman–Crippen MR) is 128 cm³/mol. The lowest BCUT2D eigenvalue weighted by atomic mass is 9.69. The summed E-state index contributed by atoms with van der Waals surface area (Å²) < 4.78 is 15.2. The first-order valence-corrected chi connectivity index (χ1v) is 11.4. The zero-order valence-corrected chi connectivity index (χ0v) is 19.2. The lowest BCUT2D eigenvalue weighted by molar-refractivity contribution is -0.125. The molecule has 1 aliphatic carbocycles. The van der Waals surface area contributed by atoms with E-state index in [0.29, 0.717) is 36.8 Å². The Kier molecular flexibility index (Phi) is 6.80. The van der Waals surface area contributed by atoms with Gasteiger partial charge in [0.05, 0.1) is 6.54 Å². The fourth-order valence-electron chi connectivity index (χ4n) is 4.90. The molecule has 1 saturated carbocycles. The number of carbonyl (C=O) groups excluding carboxylic acids is 2. The van der Waals surface area contributed by atoms with Crippen molar-refractivity contribution in [2.75, 3.05) is 31.6 Å². The molecule has 33 heavy (non-hydrogen) atoms. The van der Waals surface area contributed by atoms with E-state index >= 15 is 4.39 Å². The summed E-state index contributed by atoms with van der Waals surface area (Å²) in [6, 6.07) is 12.8. The largest absolute Gasteiger partial charge is 0.356 e. The molecule has 0 spiro atoms. The van der Waals surface area contributed by atoms with Crippen LogP contribution in [0.2, 0.25) is 0 Å². The van der Waals surface area contributed by atoms with E-state index in [9.17, 15) is 9.59 Å². The number of carbonyl (C=O) groups is 2. The minimum atomic E-state index is -0.354. The molecule has 3 fully saturated rings. The summed E-state index contributed by atoms with van der Waals surface area (Å²) in [5.41, 5.74) is 2.97. The third-order valence-electron chi connectivity index (χ3n) is 6.83. The summed E-state index contributed by atoms with van der Waals surface area (Å²) in [7, 11) is 1.96. The molecular formula is C27H30FN3O2. The number of hydrogen-bond acceptors (Lipinski definition) is 3. The fourth-order valence-corrected chi connectivity index (χ4v) is 4.90.